The van der Waals surface area contributed by atoms with E-state index in [0.717, 1.165) is 13.1 Å². The molecule has 174 valence electrons. The first-order valence-corrected chi connectivity index (χ1v) is 9.43. The smallest absolute Gasteiger partial charge is 0.431 e. The second kappa shape index (κ2) is 9.01. The fourth-order valence-electron chi connectivity index (χ4n) is 2.56. The maximum absolute atomic E-state index is 14.6. The van der Waals surface area contributed by atoms with Gasteiger partial charge in [0, 0.05) is 19.3 Å². The summed E-state index contributed by atoms with van der Waals surface area (Å²) >= 11 is 2.99. The van der Waals surface area contributed by atoms with Gasteiger partial charge in [0.2, 0.25) is 5.88 Å². The van der Waals surface area contributed by atoms with E-state index in [0.29, 0.717) is 0 Å². The minimum atomic E-state index is -5.00. The molecule has 0 bridgehead atoms. The van der Waals surface area contributed by atoms with E-state index in [1.807, 2.05) is 0 Å². The number of aromatic nitrogens is 4. The summed E-state index contributed by atoms with van der Waals surface area (Å²) in [6.45, 7) is -0.756. The van der Waals surface area contributed by atoms with E-state index in [9.17, 15) is 31.9 Å². The lowest BCUT2D eigenvalue weighted by molar-refractivity contribution is -0.144. The van der Waals surface area contributed by atoms with Gasteiger partial charge in [0.1, 0.15) is 5.69 Å². The Hall–Kier alpha value is -3.75. The highest BCUT2D eigenvalue weighted by atomic mass is 79.9. The standard InChI is InChI=1S/C18H11BrF4N4O6/c1-26-11(18(21,22)23)6-12(28)27(17(26)31)14-9(20)5-8(19)15(25-14)33-10-3-2-4-24-16(10)32-7-13(29)30/h2-6H,7H2,1H3,(H,29,30). The third kappa shape index (κ3) is 5.02. The molecule has 15 heteroatoms. The second-order valence-corrected chi connectivity index (χ2v) is 7.07. The molecule has 33 heavy (non-hydrogen) atoms. The van der Waals surface area contributed by atoms with Crippen LogP contribution in [-0.4, -0.2) is 36.8 Å². The monoisotopic (exact) mass is 534 g/mol. The minimum absolute atomic E-state index is 0.103. The number of aliphatic carboxylic acids is 1. The van der Waals surface area contributed by atoms with E-state index >= 15 is 0 Å². The highest BCUT2D eigenvalue weighted by Gasteiger charge is 2.35. The van der Waals surface area contributed by atoms with Crippen molar-refractivity contribution >= 4 is 21.9 Å². The number of pyridine rings is 2. The van der Waals surface area contributed by atoms with Gasteiger partial charge in [0.25, 0.3) is 11.4 Å². The van der Waals surface area contributed by atoms with Crippen LogP contribution in [0, 0.1) is 5.82 Å². The highest BCUT2D eigenvalue weighted by molar-refractivity contribution is 9.10. The fraction of sp³-hybridized carbons (Fsp3) is 0.167. The summed E-state index contributed by atoms with van der Waals surface area (Å²) in [7, 11) is 0.761. The Balaban J connectivity index is 2.12. The summed E-state index contributed by atoms with van der Waals surface area (Å²) in [6.07, 6.45) is -3.73. The number of halogens is 5. The largest absolute Gasteiger partial charge is 0.479 e. The summed E-state index contributed by atoms with van der Waals surface area (Å²) in [5.74, 6) is -4.29. The highest BCUT2D eigenvalue weighted by Crippen LogP contribution is 2.34. The summed E-state index contributed by atoms with van der Waals surface area (Å²) in [5.41, 5.74) is -4.50. The van der Waals surface area contributed by atoms with Crippen molar-refractivity contribution < 1.29 is 36.9 Å². The van der Waals surface area contributed by atoms with E-state index in [2.05, 4.69) is 25.9 Å². The Morgan fingerprint density at radius 3 is 2.58 bits per heavy atom. The second-order valence-electron chi connectivity index (χ2n) is 6.21. The average molecular weight is 535 g/mol. The van der Waals surface area contributed by atoms with Crippen molar-refractivity contribution in [2.24, 2.45) is 7.05 Å². The SMILES string of the molecule is Cn1c(C(F)(F)F)cc(=O)n(-c2nc(Oc3cccnc3OCC(=O)O)c(Br)cc2F)c1=O. The molecule has 0 atom stereocenters. The van der Waals surface area contributed by atoms with Crippen molar-refractivity contribution in [3.8, 4) is 23.3 Å². The van der Waals surface area contributed by atoms with Crippen molar-refractivity contribution in [3.63, 3.8) is 0 Å². The normalized spacial score (nSPS) is 11.3. The molecule has 0 amide bonds. The lowest BCUT2D eigenvalue weighted by atomic mass is 10.3. The molecule has 3 aromatic heterocycles. The van der Waals surface area contributed by atoms with Crippen LogP contribution >= 0.6 is 15.9 Å². The van der Waals surface area contributed by atoms with E-state index < -0.39 is 53.2 Å². The maximum Gasteiger partial charge on any atom is 0.431 e. The van der Waals surface area contributed by atoms with Gasteiger partial charge >= 0.3 is 17.8 Å². The number of carboxylic acid groups (broad SMARTS) is 1. The molecule has 0 radical (unpaired) electrons. The van der Waals surface area contributed by atoms with Crippen LogP contribution < -0.4 is 20.7 Å². The maximum atomic E-state index is 14.6. The third-order valence-electron chi connectivity index (χ3n) is 3.98. The van der Waals surface area contributed by atoms with E-state index in [1.165, 1.54) is 18.3 Å². The number of nitrogens with zero attached hydrogens (tertiary/aromatic N) is 4. The number of hydrogen-bond donors (Lipinski definition) is 1. The molecule has 0 aliphatic carbocycles. The summed E-state index contributed by atoms with van der Waals surface area (Å²) in [6, 6.07) is 3.61. The molecule has 1 N–H and O–H groups in total. The molecule has 0 aliphatic rings. The molecule has 0 spiro atoms. The quantitative estimate of drug-likeness (QED) is 0.478. The average Bonchev–Trinajstić information content (AvgIpc) is 2.72. The Morgan fingerprint density at radius 2 is 1.94 bits per heavy atom. The van der Waals surface area contributed by atoms with Crippen molar-refractivity contribution in [1.29, 1.82) is 0 Å². The molecule has 10 nitrogen and oxygen atoms in total. The third-order valence-corrected chi connectivity index (χ3v) is 4.54. The van der Waals surface area contributed by atoms with Crippen LogP contribution in [-0.2, 0) is 18.0 Å². The van der Waals surface area contributed by atoms with E-state index in [-0.39, 0.29) is 31.3 Å². The zero-order chi connectivity index (χ0) is 24.5. The molecule has 0 fully saturated rings. The number of carboxylic acids is 1. The molecule has 3 aromatic rings. The van der Waals surface area contributed by atoms with Crippen LogP contribution in [0.25, 0.3) is 5.82 Å². The number of carbonyl (C=O) groups is 1. The molecule has 0 unspecified atom stereocenters. The molecule has 0 aliphatic heterocycles. The molecule has 0 saturated carbocycles. The van der Waals surface area contributed by atoms with Gasteiger partial charge in [-0.15, -0.1) is 0 Å². The van der Waals surface area contributed by atoms with Gasteiger partial charge in [-0.1, -0.05) is 0 Å². The van der Waals surface area contributed by atoms with Crippen molar-refractivity contribution in [2.75, 3.05) is 6.61 Å². The Labute approximate surface area is 188 Å². The van der Waals surface area contributed by atoms with Crippen LogP contribution in [0.15, 0.2) is 44.5 Å². The lowest BCUT2D eigenvalue weighted by Gasteiger charge is -2.15. The zero-order valence-electron chi connectivity index (χ0n) is 16.3. The Kier molecular flexibility index (Phi) is 6.53. The number of alkyl halides is 3. The molecule has 0 saturated heterocycles. The van der Waals surface area contributed by atoms with Crippen LogP contribution in [0.1, 0.15) is 5.69 Å². The Morgan fingerprint density at radius 1 is 1.24 bits per heavy atom. The topological polar surface area (TPSA) is 126 Å². The van der Waals surface area contributed by atoms with Crippen molar-refractivity contribution in [1.82, 2.24) is 19.1 Å². The summed E-state index contributed by atoms with van der Waals surface area (Å²) in [5, 5.41) is 8.75. The molecule has 0 aromatic carbocycles. The predicted molar refractivity (Wildman–Crippen MR) is 105 cm³/mol. The first kappa shape index (κ1) is 23.9. The zero-order valence-corrected chi connectivity index (χ0v) is 17.8. The predicted octanol–water partition coefficient (Wildman–Crippen LogP) is 2.50. The van der Waals surface area contributed by atoms with Gasteiger partial charge in [-0.3, -0.25) is 9.36 Å². The lowest BCUT2D eigenvalue weighted by Crippen LogP contribution is -2.41. The van der Waals surface area contributed by atoms with Crippen LogP contribution in [0.4, 0.5) is 17.6 Å². The molecular formula is C18H11BrF4N4O6. The number of hydrogen-bond acceptors (Lipinski definition) is 7. The number of rotatable bonds is 6. The molecular weight excluding hydrogens is 524 g/mol. The first-order chi connectivity index (χ1) is 15.4. The number of ether oxygens (including phenoxy) is 2. The van der Waals surface area contributed by atoms with Gasteiger partial charge in [0.15, 0.2) is 24.0 Å². The van der Waals surface area contributed by atoms with Crippen LogP contribution in [0.2, 0.25) is 0 Å². The molecule has 3 heterocycles. The fourth-order valence-corrected chi connectivity index (χ4v) is 2.93. The summed E-state index contributed by atoms with van der Waals surface area (Å²) in [4.78, 5) is 43.0. The minimum Gasteiger partial charge on any atom is -0.479 e. The molecule has 3 rings (SSSR count). The summed E-state index contributed by atoms with van der Waals surface area (Å²) < 4.78 is 64.3. The van der Waals surface area contributed by atoms with Crippen molar-refractivity contribution in [3.05, 3.63) is 67.3 Å². The van der Waals surface area contributed by atoms with Gasteiger partial charge in [0.05, 0.1) is 4.47 Å². The van der Waals surface area contributed by atoms with Crippen LogP contribution in [0.3, 0.4) is 0 Å². The first-order valence-electron chi connectivity index (χ1n) is 8.64. The Bertz CT molecular complexity index is 1360. The van der Waals surface area contributed by atoms with Gasteiger partial charge < -0.3 is 14.6 Å². The van der Waals surface area contributed by atoms with E-state index in [4.69, 9.17) is 14.6 Å². The van der Waals surface area contributed by atoms with Gasteiger partial charge in [-0.2, -0.15) is 18.2 Å². The van der Waals surface area contributed by atoms with Crippen LogP contribution in [0.5, 0.6) is 17.5 Å². The van der Waals surface area contributed by atoms with Crippen molar-refractivity contribution in [2.45, 2.75) is 6.18 Å². The van der Waals surface area contributed by atoms with Gasteiger partial charge in [-0.25, -0.2) is 23.5 Å². The van der Waals surface area contributed by atoms with Gasteiger partial charge in [-0.05, 0) is 34.1 Å². The van der Waals surface area contributed by atoms with E-state index in [1.54, 1.807) is 0 Å².